The van der Waals surface area contributed by atoms with Gasteiger partial charge in [0, 0.05) is 7.11 Å². The van der Waals surface area contributed by atoms with E-state index < -0.39 is 0 Å². The van der Waals surface area contributed by atoms with Gasteiger partial charge in [-0.15, -0.1) is 0 Å². The van der Waals surface area contributed by atoms with Gasteiger partial charge in [0.05, 0.1) is 7.11 Å². The minimum atomic E-state index is -0.111. The molecule has 0 heterocycles. The predicted octanol–water partition coefficient (Wildman–Crippen LogP) is 0.985. The van der Waals surface area contributed by atoms with E-state index in [4.69, 9.17) is 11.3 Å². The highest BCUT2D eigenvalue weighted by atomic mass is 16.5. The maximum Gasteiger partial charge on any atom is 0.124 e. The van der Waals surface area contributed by atoms with E-state index in [0.29, 0.717) is 5.76 Å². The first-order chi connectivity index (χ1) is 3.72. The minimum absolute atomic E-state index is 0.111. The standard InChI is InChI=1S/C6H11O2/c1-5(7-3)6(2)8-4/h1,6H,2-4H3. The molecule has 1 atom stereocenters. The highest BCUT2D eigenvalue weighted by molar-refractivity contribution is 4.85. The molecule has 2 nitrogen and oxygen atoms in total. The molecule has 8 heavy (non-hydrogen) atoms. The molecule has 0 aliphatic carbocycles. The van der Waals surface area contributed by atoms with Gasteiger partial charge in [0.2, 0.25) is 0 Å². The predicted molar refractivity (Wildman–Crippen MR) is 31.3 cm³/mol. The van der Waals surface area contributed by atoms with E-state index >= 15 is 0 Å². The molecule has 0 amide bonds. The van der Waals surface area contributed by atoms with Crippen molar-refractivity contribution in [2.75, 3.05) is 14.2 Å². The molecular weight excluding hydrogens is 104 g/mol. The van der Waals surface area contributed by atoms with Crippen LogP contribution >= 0.6 is 0 Å². The zero-order valence-corrected chi connectivity index (χ0v) is 5.47. The Morgan fingerprint density at radius 3 is 2.12 bits per heavy atom. The van der Waals surface area contributed by atoms with Gasteiger partial charge in [-0.25, -0.2) is 0 Å². The lowest BCUT2D eigenvalue weighted by molar-refractivity contribution is 0.0918. The molecule has 0 aliphatic heterocycles. The molecule has 0 bridgehead atoms. The molecule has 0 aromatic carbocycles. The fraction of sp³-hybridized carbons (Fsp3) is 0.667. The summed E-state index contributed by atoms with van der Waals surface area (Å²) in [4.78, 5) is 0. The Kier molecular flexibility index (Phi) is 3.28. The van der Waals surface area contributed by atoms with Crippen LogP contribution in [0.15, 0.2) is 5.76 Å². The second-order valence-electron chi connectivity index (χ2n) is 1.48. The summed E-state index contributed by atoms with van der Waals surface area (Å²) in [6, 6.07) is 0. The summed E-state index contributed by atoms with van der Waals surface area (Å²) >= 11 is 0. The molecule has 0 fully saturated rings. The highest BCUT2D eigenvalue weighted by Crippen LogP contribution is 2.00. The van der Waals surface area contributed by atoms with Gasteiger partial charge >= 0.3 is 0 Å². The Hall–Kier alpha value is -0.500. The smallest absolute Gasteiger partial charge is 0.124 e. The number of rotatable bonds is 3. The Morgan fingerprint density at radius 2 is 2.00 bits per heavy atom. The maximum atomic E-state index is 5.30. The van der Waals surface area contributed by atoms with Crippen LogP contribution in [0.2, 0.25) is 0 Å². The molecule has 0 aliphatic rings. The quantitative estimate of drug-likeness (QED) is 0.510. The highest BCUT2D eigenvalue weighted by Gasteiger charge is 2.01. The lowest BCUT2D eigenvalue weighted by atomic mass is 10.4. The number of ether oxygens (including phenoxy) is 2. The van der Waals surface area contributed by atoms with Crippen molar-refractivity contribution in [1.82, 2.24) is 0 Å². The summed E-state index contributed by atoms with van der Waals surface area (Å²) in [6.07, 6.45) is -0.111. The topological polar surface area (TPSA) is 18.5 Å². The molecule has 0 saturated heterocycles. The average molecular weight is 115 g/mol. The van der Waals surface area contributed by atoms with Crippen molar-refractivity contribution >= 4 is 0 Å². The second-order valence-corrected chi connectivity index (χ2v) is 1.48. The third kappa shape index (κ3) is 1.98. The summed E-state index contributed by atoms with van der Waals surface area (Å²) in [5.74, 6) is 0.410. The summed E-state index contributed by atoms with van der Waals surface area (Å²) in [5.41, 5.74) is 0. The lowest BCUT2D eigenvalue weighted by Crippen LogP contribution is -2.08. The van der Waals surface area contributed by atoms with Crippen LogP contribution in [-0.2, 0) is 9.47 Å². The fourth-order valence-electron chi connectivity index (χ4n) is 0.282. The largest absolute Gasteiger partial charge is 0.498 e. The van der Waals surface area contributed by atoms with Crippen molar-refractivity contribution in [2.24, 2.45) is 0 Å². The zero-order chi connectivity index (χ0) is 6.57. The molecule has 1 radical (unpaired) electrons. The van der Waals surface area contributed by atoms with E-state index in [-0.39, 0.29) is 6.10 Å². The Morgan fingerprint density at radius 1 is 1.50 bits per heavy atom. The molecule has 0 aromatic heterocycles. The Labute approximate surface area is 50.1 Å². The summed E-state index contributed by atoms with van der Waals surface area (Å²) in [7, 11) is 3.10. The number of hydrogen-bond acceptors (Lipinski definition) is 2. The van der Waals surface area contributed by atoms with E-state index in [2.05, 4.69) is 4.74 Å². The van der Waals surface area contributed by atoms with Gasteiger partial charge in [0.15, 0.2) is 0 Å². The van der Waals surface area contributed by atoms with Crippen LogP contribution in [0.1, 0.15) is 6.92 Å². The lowest BCUT2D eigenvalue weighted by Gasteiger charge is -2.09. The molecule has 0 saturated carbocycles. The van der Waals surface area contributed by atoms with Crippen LogP contribution in [0.5, 0.6) is 0 Å². The van der Waals surface area contributed by atoms with Crippen LogP contribution in [0.25, 0.3) is 0 Å². The third-order valence-electron chi connectivity index (χ3n) is 0.990. The van der Waals surface area contributed by atoms with Crippen molar-refractivity contribution < 1.29 is 9.47 Å². The summed E-state index contributed by atoms with van der Waals surface area (Å²) < 4.78 is 9.49. The van der Waals surface area contributed by atoms with Crippen LogP contribution in [0.4, 0.5) is 0 Å². The SMILES string of the molecule is [CH]=C(OC)C(C)OC. The van der Waals surface area contributed by atoms with Crippen molar-refractivity contribution in [2.45, 2.75) is 13.0 Å². The summed E-state index contributed by atoms with van der Waals surface area (Å²) in [5, 5.41) is 0. The molecule has 0 N–H and O–H groups in total. The summed E-state index contributed by atoms with van der Waals surface area (Å²) in [6.45, 7) is 7.11. The Bertz CT molecular complexity index is 78.6. The van der Waals surface area contributed by atoms with E-state index in [1.54, 1.807) is 7.11 Å². The molecule has 0 aromatic rings. The maximum absolute atomic E-state index is 5.30. The third-order valence-corrected chi connectivity index (χ3v) is 0.990. The van der Waals surface area contributed by atoms with E-state index in [1.165, 1.54) is 7.11 Å². The van der Waals surface area contributed by atoms with E-state index in [9.17, 15) is 0 Å². The van der Waals surface area contributed by atoms with Crippen LogP contribution in [0, 0.1) is 6.58 Å². The second kappa shape index (κ2) is 3.50. The minimum Gasteiger partial charge on any atom is -0.498 e. The normalized spacial score (nSPS) is 12.9. The van der Waals surface area contributed by atoms with Crippen molar-refractivity contribution in [3.05, 3.63) is 12.3 Å². The van der Waals surface area contributed by atoms with Crippen molar-refractivity contribution in [3.63, 3.8) is 0 Å². The van der Waals surface area contributed by atoms with Gasteiger partial charge in [0.1, 0.15) is 11.9 Å². The van der Waals surface area contributed by atoms with E-state index in [1.807, 2.05) is 6.92 Å². The van der Waals surface area contributed by atoms with Gasteiger partial charge in [-0.2, -0.15) is 0 Å². The van der Waals surface area contributed by atoms with Gasteiger partial charge in [-0.05, 0) is 13.5 Å². The number of hydrogen-bond donors (Lipinski definition) is 0. The van der Waals surface area contributed by atoms with Crippen LogP contribution in [0.3, 0.4) is 0 Å². The fourth-order valence-corrected chi connectivity index (χ4v) is 0.282. The van der Waals surface area contributed by atoms with Crippen LogP contribution in [-0.4, -0.2) is 20.3 Å². The van der Waals surface area contributed by atoms with Gasteiger partial charge in [0.25, 0.3) is 0 Å². The molecule has 47 valence electrons. The molecule has 0 spiro atoms. The molecule has 0 rings (SSSR count). The molecule has 2 heteroatoms. The number of methoxy groups -OCH3 is 2. The molecular formula is C6H11O2. The van der Waals surface area contributed by atoms with Gasteiger partial charge < -0.3 is 9.47 Å². The monoisotopic (exact) mass is 115 g/mol. The van der Waals surface area contributed by atoms with Crippen molar-refractivity contribution in [3.8, 4) is 0 Å². The molecule has 1 unspecified atom stereocenters. The van der Waals surface area contributed by atoms with Crippen LogP contribution < -0.4 is 0 Å². The first-order valence-electron chi connectivity index (χ1n) is 2.41. The van der Waals surface area contributed by atoms with Gasteiger partial charge in [-0.1, -0.05) is 0 Å². The first-order valence-corrected chi connectivity index (χ1v) is 2.41. The average Bonchev–Trinajstić information content (AvgIpc) is 1.84. The Balaban J connectivity index is 3.46. The first kappa shape index (κ1) is 7.50. The van der Waals surface area contributed by atoms with E-state index in [0.717, 1.165) is 0 Å². The van der Waals surface area contributed by atoms with Crippen molar-refractivity contribution in [1.29, 1.82) is 0 Å². The zero-order valence-electron chi connectivity index (χ0n) is 5.47. The van der Waals surface area contributed by atoms with Gasteiger partial charge in [-0.3, -0.25) is 0 Å².